The van der Waals surface area contributed by atoms with Crippen LogP contribution in [0.5, 0.6) is 5.75 Å². The van der Waals surface area contributed by atoms with E-state index in [-0.39, 0.29) is 12.2 Å². The van der Waals surface area contributed by atoms with Crippen LogP contribution in [-0.4, -0.2) is 22.4 Å². The number of nitrogens with one attached hydrogen (secondary N) is 1. The second kappa shape index (κ2) is 6.46. The number of hydrogen-bond donors (Lipinski definition) is 2. The third kappa shape index (κ3) is 3.14. The van der Waals surface area contributed by atoms with E-state index in [4.69, 9.17) is 9.84 Å². The first-order valence-electron chi connectivity index (χ1n) is 7.15. The van der Waals surface area contributed by atoms with Gasteiger partial charge in [-0.05, 0) is 35.4 Å². The van der Waals surface area contributed by atoms with Crippen molar-refractivity contribution in [3.05, 3.63) is 70.5 Å². The first-order chi connectivity index (χ1) is 11.2. The molecule has 0 aliphatic heterocycles. The van der Waals surface area contributed by atoms with E-state index >= 15 is 0 Å². The van der Waals surface area contributed by atoms with Gasteiger partial charge in [-0.3, -0.25) is 4.79 Å². The van der Waals surface area contributed by atoms with Crippen molar-refractivity contribution in [2.45, 2.75) is 6.61 Å². The Bertz CT molecular complexity index is 853. The number of aromatic nitrogens is 2. The lowest BCUT2D eigenvalue weighted by molar-refractivity contribution is 0.282. The Hall–Kier alpha value is -2.92. The Morgan fingerprint density at radius 2 is 1.70 bits per heavy atom. The van der Waals surface area contributed by atoms with Crippen LogP contribution in [0.4, 0.5) is 0 Å². The molecular formula is C18H16N2O3. The van der Waals surface area contributed by atoms with Crippen LogP contribution in [0.3, 0.4) is 0 Å². The van der Waals surface area contributed by atoms with E-state index in [1.54, 1.807) is 7.11 Å². The summed E-state index contributed by atoms with van der Waals surface area (Å²) in [4.78, 5) is 11.7. The number of hydrogen-bond acceptors (Lipinski definition) is 4. The van der Waals surface area contributed by atoms with Crippen LogP contribution in [0.2, 0.25) is 0 Å². The number of aromatic amines is 1. The van der Waals surface area contributed by atoms with Crippen molar-refractivity contribution in [2.24, 2.45) is 0 Å². The van der Waals surface area contributed by atoms with Gasteiger partial charge in [0.05, 0.1) is 19.4 Å². The highest BCUT2D eigenvalue weighted by atomic mass is 16.5. The number of methoxy groups -OCH3 is 1. The summed E-state index contributed by atoms with van der Waals surface area (Å²) in [7, 11) is 1.61. The number of aliphatic hydroxyl groups is 1. The van der Waals surface area contributed by atoms with E-state index in [2.05, 4.69) is 10.2 Å². The Kier molecular flexibility index (Phi) is 4.21. The Morgan fingerprint density at radius 1 is 1.04 bits per heavy atom. The zero-order chi connectivity index (χ0) is 16.2. The largest absolute Gasteiger partial charge is 0.497 e. The molecule has 1 heterocycles. The minimum Gasteiger partial charge on any atom is -0.497 e. The van der Waals surface area contributed by atoms with Crippen LogP contribution in [0.25, 0.3) is 22.4 Å². The van der Waals surface area contributed by atoms with E-state index in [9.17, 15) is 4.79 Å². The number of benzene rings is 2. The first-order valence-corrected chi connectivity index (χ1v) is 7.15. The van der Waals surface area contributed by atoms with Gasteiger partial charge in [0, 0.05) is 17.2 Å². The smallest absolute Gasteiger partial charge is 0.264 e. The van der Waals surface area contributed by atoms with Gasteiger partial charge in [0.1, 0.15) is 5.75 Å². The Labute approximate surface area is 133 Å². The molecule has 0 saturated carbocycles. The summed E-state index contributed by atoms with van der Waals surface area (Å²) in [6, 6.07) is 16.4. The van der Waals surface area contributed by atoms with Crippen molar-refractivity contribution >= 4 is 0 Å². The molecule has 2 aromatic carbocycles. The summed E-state index contributed by atoms with van der Waals surface area (Å²) in [6.07, 6.45) is 0. The molecule has 5 nitrogen and oxygen atoms in total. The molecule has 0 amide bonds. The molecule has 116 valence electrons. The molecule has 1 aromatic heterocycles. The standard InChI is InChI=1S/C18H16N2O3/c1-23-15-8-6-14(7-9-15)18-16(10-17(22)19-20-18)13-4-2-12(11-21)3-5-13/h2-10,21H,11H2,1H3,(H,19,22). The molecular weight excluding hydrogens is 292 g/mol. The monoisotopic (exact) mass is 308 g/mol. The lowest BCUT2D eigenvalue weighted by Crippen LogP contribution is -2.08. The summed E-state index contributed by atoms with van der Waals surface area (Å²) >= 11 is 0. The molecule has 3 aromatic rings. The molecule has 0 atom stereocenters. The van der Waals surface area contributed by atoms with Crippen LogP contribution in [0, 0.1) is 0 Å². The lowest BCUT2D eigenvalue weighted by atomic mass is 9.99. The number of ether oxygens (including phenoxy) is 1. The van der Waals surface area contributed by atoms with Crippen molar-refractivity contribution in [3.8, 4) is 28.1 Å². The average molecular weight is 308 g/mol. The fourth-order valence-electron chi connectivity index (χ4n) is 2.38. The SMILES string of the molecule is COc1ccc(-c2n[nH]c(=O)cc2-c2ccc(CO)cc2)cc1. The summed E-state index contributed by atoms with van der Waals surface area (Å²) in [6.45, 7) is -0.0146. The van der Waals surface area contributed by atoms with Gasteiger partial charge in [-0.25, -0.2) is 5.10 Å². The zero-order valence-electron chi connectivity index (χ0n) is 12.6. The molecule has 0 radical (unpaired) electrons. The highest BCUT2D eigenvalue weighted by Crippen LogP contribution is 2.30. The van der Waals surface area contributed by atoms with Gasteiger partial charge in [-0.2, -0.15) is 5.10 Å². The molecule has 0 aliphatic carbocycles. The topological polar surface area (TPSA) is 75.2 Å². The highest BCUT2D eigenvalue weighted by molar-refractivity contribution is 5.80. The van der Waals surface area contributed by atoms with E-state index in [0.717, 1.165) is 28.0 Å². The van der Waals surface area contributed by atoms with E-state index in [0.29, 0.717) is 5.69 Å². The first kappa shape index (κ1) is 15.0. The van der Waals surface area contributed by atoms with Crippen molar-refractivity contribution < 1.29 is 9.84 Å². The van der Waals surface area contributed by atoms with Gasteiger partial charge < -0.3 is 9.84 Å². The second-order valence-corrected chi connectivity index (χ2v) is 5.08. The van der Waals surface area contributed by atoms with E-state index < -0.39 is 0 Å². The van der Waals surface area contributed by atoms with Crippen molar-refractivity contribution in [2.75, 3.05) is 7.11 Å². The number of aliphatic hydroxyl groups excluding tert-OH is 1. The van der Waals surface area contributed by atoms with Gasteiger partial charge >= 0.3 is 0 Å². The molecule has 2 N–H and O–H groups in total. The lowest BCUT2D eigenvalue weighted by Gasteiger charge is -2.09. The van der Waals surface area contributed by atoms with Crippen LogP contribution in [0.15, 0.2) is 59.4 Å². The third-order valence-corrected chi connectivity index (χ3v) is 3.62. The van der Waals surface area contributed by atoms with Gasteiger partial charge in [0.2, 0.25) is 0 Å². The van der Waals surface area contributed by atoms with Crippen LogP contribution < -0.4 is 10.3 Å². The maximum Gasteiger partial charge on any atom is 0.264 e. The minimum absolute atomic E-state index is 0.0146. The number of H-pyrrole nitrogens is 1. The minimum atomic E-state index is -0.261. The number of nitrogens with zero attached hydrogens (tertiary/aromatic N) is 1. The summed E-state index contributed by atoms with van der Waals surface area (Å²) in [5.74, 6) is 0.757. The third-order valence-electron chi connectivity index (χ3n) is 3.62. The Balaban J connectivity index is 2.11. The van der Waals surface area contributed by atoms with Gasteiger partial charge in [0.25, 0.3) is 5.56 Å². The fourth-order valence-corrected chi connectivity index (χ4v) is 2.38. The molecule has 0 spiro atoms. The highest BCUT2D eigenvalue weighted by Gasteiger charge is 2.10. The van der Waals surface area contributed by atoms with Gasteiger partial charge in [-0.1, -0.05) is 24.3 Å². The maximum atomic E-state index is 11.7. The second-order valence-electron chi connectivity index (χ2n) is 5.08. The normalized spacial score (nSPS) is 10.5. The molecule has 3 rings (SSSR count). The molecule has 0 unspecified atom stereocenters. The predicted octanol–water partition coefficient (Wildman–Crippen LogP) is 2.60. The molecule has 23 heavy (non-hydrogen) atoms. The molecule has 0 bridgehead atoms. The zero-order valence-corrected chi connectivity index (χ0v) is 12.6. The molecule has 5 heteroatoms. The summed E-state index contributed by atoms with van der Waals surface area (Å²) in [5.41, 5.74) is 3.73. The molecule has 0 saturated heterocycles. The summed E-state index contributed by atoms with van der Waals surface area (Å²) in [5, 5.41) is 15.8. The van der Waals surface area contributed by atoms with E-state index in [1.165, 1.54) is 6.07 Å². The number of rotatable bonds is 4. The predicted molar refractivity (Wildman–Crippen MR) is 88.2 cm³/mol. The molecule has 0 aliphatic rings. The maximum absolute atomic E-state index is 11.7. The van der Waals surface area contributed by atoms with Gasteiger partial charge in [0.15, 0.2) is 0 Å². The van der Waals surface area contributed by atoms with Crippen molar-refractivity contribution in [3.63, 3.8) is 0 Å². The van der Waals surface area contributed by atoms with Crippen molar-refractivity contribution in [1.29, 1.82) is 0 Å². The van der Waals surface area contributed by atoms with Crippen molar-refractivity contribution in [1.82, 2.24) is 10.2 Å². The van der Waals surface area contributed by atoms with Crippen LogP contribution >= 0.6 is 0 Å². The van der Waals surface area contributed by atoms with Crippen LogP contribution in [-0.2, 0) is 6.61 Å². The van der Waals surface area contributed by atoms with E-state index in [1.807, 2.05) is 48.5 Å². The summed E-state index contributed by atoms with van der Waals surface area (Å²) < 4.78 is 5.16. The Morgan fingerprint density at radius 3 is 2.30 bits per heavy atom. The molecule has 0 fully saturated rings. The quantitative estimate of drug-likeness (QED) is 0.777. The van der Waals surface area contributed by atoms with Gasteiger partial charge in [-0.15, -0.1) is 0 Å². The fraction of sp³-hybridized carbons (Fsp3) is 0.111. The van der Waals surface area contributed by atoms with Crippen LogP contribution in [0.1, 0.15) is 5.56 Å². The average Bonchev–Trinajstić information content (AvgIpc) is 2.62.